The van der Waals surface area contributed by atoms with Gasteiger partial charge in [-0.1, -0.05) is 42.5 Å². The van der Waals surface area contributed by atoms with Crippen LogP contribution in [-0.2, 0) is 17.9 Å². The second kappa shape index (κ2) is 10.3. The summed E-state index contributed by atoms with van der Waals surface area (Å²) >= 11 is 1.40. The Morgan fingerprint density at radius 1 is 1.06 bits per heavy atom. The summed E-state index contributed by atoms with van der Waals surface area (Å²) in [6, 6.07) is 18.8. The van der Waals surface area contributed by atoms with Crippen LogP contribution in [0.1, 0.15) is 33.6 Å². The Hall–Kier alpha value is -3.32. The molecule has 32 heavy (non-hydrogen) atoms. The molecule has 1 fully saturated rings. The van der Waals surface area contributed by atoms with Crippen LogP contribution in [0.3, 0.4) is 0 Å². The summed E-state index contributed by atoms with van der Waals surface area (Å²) in [7, 11) is 1.60. The lowest BCUT2D eigenvalue weighted by atomic mass is 10.1. The van der Waals surface area contributed by atoms with Gasteiger partial charge in [0.1, 0.15) is 12.6 Å². The van der Waals surface area contributed by atoms with E-state index in [0.717, 1.165) is 17.5 Å². The molecule has 0 spiro atoms. The molecule has 7 heteroatoms. The van der Waals surface area contributed by atoms with Crippen LogP contribution in [0.5, 0.6) is 11.5 Å². The molecule has 0 saturated carbocycles. The van der Waals surface area contributed by atoms with E-state index in [9.17, 15) is 9.59 Å². The normalized spacial score (nSPS) is 15.4. The lowest BCUT2D eigenvalue weighted by Crippen LogP contribution is -2.45. The fourth-order valence-corrected chi connectivity index (χ4v) is 4.49. The lowest BCUT2D eigenvalue weighted by molar-refractivity contribution is -0.125. The highest BCUT2D eigenvalue weighted by Gasteiger charge is 2.34. The van der Waals surface area contributed by atoms with Gasteiger partial charge in [0, 0.05) is 13.1 Å². The van der Waals surface area contributed by atoms with Gasteiger partial charge in [-0.3, -0.25) is 9.59 Å². The first-order chi connectivity index (χ1) is 15.7. The van der Waals surface area contributed by atoms with Gasteiger partial charge in [-0.25, -0.2) is 0 Å². The van der Waals surface area contributed by atoms with Crippen molar-refractivity contribution in [2.75, 3.05) is 13.7 Å². The minimum atomic E-state index is -0.431. The van der Waals surface area contributed by atoms with Crippen LogP contribution in [-0.4, -0.2) is 36.4 Å². The quantitative estimate of drug-likeness (QED) is 0.557. The molecule has 1 N–H and O–H groups in total. The molecule has 0 bridgehead atoms. The topological polar surface area (TPSA) is 67.9 Å². The van der Waals surface area contributed by atoms with Crippen LogP contribution in [0.2, 0.25) is 0 Å². The molecule has 4 rings (SSSR count). The average Bonchev–Trinajstić information content (AvgIpc) is 3.54. The molecule has 1 aliphatic heterocycles. The Balaban J connectivity index is 1.35. The van der Waals surface area contributed by atoms with Crippen LogP contribution in [0.15, 0.2) is 66.0 Å². The van der Waals surface area contributed by atoms with Crippen LogP contribution < -0.4 is 14.8 Å². The molecule has 0 aliphatic carbocycles. The summed E-state index contributed by atoms with van der Waals surface area (Å²) in [6.07, 6.45) is 1.51. The van der Waals surface area contributed by atoms with E-state index >= 15 is 0 Å². The predicted molar refractivity (Wildman–Crippen MR) is 124 cm³/mol. The number of methoxy groups -OCH3 is 1. The molecule has 1 aromatic heterocycles. The number of likely N-dealkylation sites (tertiary alicyclic amines) is 1. The van der Waals surface area contributed by atoms with Crippen molar-refractivity contribution in [1.82, 2.24) is 10.2 Å². The monoisotopic (exact) mass is 450 g/mol. The number of hydrogen-bond acceptors (Lipinski definition) is 5. The smallest absolute Gasteiger partial charge is 0.264 e. The van der Waals surface area contributed by atoms with Crippen molar-refractivity contribution >= 4 is 23.2 Å². The summed E-state index contributed by atoms with van der Waals surface area (Å²) in [5, 5.41) is 4.85. The number of nitrogens with one attached hydrogen (secondary N) is 1. The summed E-state index contributed by atoms with van der Waals surface area (Å²) in [4.78, 5) is 27.9. The second-order valence-electron chi connectivity index (χ2n) is 7.61. The Morgan fingerprint density at radius 3 is 2.66 bits per heavy atom. The van der Waals surface area contributed by atoms with Gasteiger partial charge in [-0.05, 0) is 47.5 Å². The number of carbonyl (C=O) groups excluding carboxylic acids is 2. The van der Waals surface area contributed by atoms with Crippen LogP contribution in [0.4, 0.5) is 0 Å². The molecule has 3 aromatic rings. The molecule has 2 heterocycles. The molecular formula is C25H26N2O4S. The van der Waals surface area contributed by atoms with E-state index in [1.54, 1.807) is 18.1 Å². The summed E-state index contributed by atoms with van der Waals surface area (Å²) in [5.41, 5.74) is 1.97. The van der Waals surface area contributed by atoms with Crippen LogP contribution in [0, 0.1) is 0 Å². The van der Waals surface area contributed by atoms with E-state index in [1.807, 2.05) is 60.0 Å². The third-order valence-corrected chi connectivity index (χ3v) is 6.34. The van der Waals surface area contributed by atoms with E-state index in [0.29, 0.717) is 42.5 Å². The lowest BCUT2D eigenvalue weighted by Gasteiger charge is -2.23. The summed E-state index contributed by atoms with van der Waals surface area (Å²) in [6.45, 7) is 1.41. The Labute approximate surface area is 191 Å². The van der Waals surface area contributed by atoms with E-state index in [4.69, 9.17) is 9.47 Å². The van der Waals surface area contributed by atoms with E-state index < -0.39 is 6.04 Å². The molecule has 2 aromatic carbocycles. The largest absolute Gasteiger partial charge is 0.493 e. The number of thiophene rings is 1. The first-order valence-corrected chi connectivity index (χ1v) is 11.5. The number of benzene rings is 2. The van der Waals surface area contributed by atoms with Crippen LogP contribution >= 0.6 is 11.3 Å². The first kappa shape index (κ1) is 21.9. The number of hydrogen-bond donors (Lipinski definition) is 1. The Kier molecular flexibility index (Phi) is 7.07. The standard InChI is InChI=1S/C25H26N2O4S/c1-30-22-15-19(11-12-21(22)31-17-18-7-3-2-4-8-18)16-26-24(28)20-9-5-13-27(20)25(29)23-10-6-14-32-23/h2-4,6-8,10-12,14-15,20H,5,9,13,16-17H2,1H3,(H,26,28)/t20-/m0/s1. The highest BCUT2D eigenvalue weighted by molar-refractivity contribution is 7.12. The molecule has 166 valence electrons. The SMILES string of the molecule is COc1cc(CNC(=O)[C@@H]2CCCN2C(=O)c2cccs2)ccc1OCc1ccccc1. The van der Waals surface area contributed by atoms with Crippen LogP contribution in [0.25, 0.3) is 0 Å². The van der Waals surface area contributed by atoms with E-state index in [2.05, 4.69) is 5.32 Å². The third kappa shape index (κ3) is 5.11. The molecule has 1 aliphatic rings. The maximum atomic E-state index is 12.8. The fraction of sp³-hybridized carbons (Fsp3) is 0.280. The fourth-order valence-electron chi connectivity index (χ4n) is 3.81. The Bertz CT molecular complexity index is 1050. The maximum Gasteiger partial charge on any atom is 0.264 e. The molecule has 1 saturated heterocycles. The minimum Gasteiger partial charge on any atom is -0.493 e. The number of carbonyl (C=O) groups is 2. The zero-order valence-corrected chi connectivity index (χ0v) is 18.8. The van der Waals surface area contributed by atoms with Crippen molar-refractivity contribution in [2.24, 2.45) is 0 Å². The first-order valence-electron chi connectivity index (χ1n) is 10.6. The van der Waals surface area contributed by atoms with Gasteiger partial charge in [0.25, 0.3) is 5.91 Å². The Morgan fingerprint density at radius 2 is 1.91 bits per heavy atom. The van der Waals surface area contributed by atoms with Crippen molar-refractivity contribution in [1.29, 1.82) is 0 Å². The van der Waals surface area contributed by atoms with Gasteiger partial charge in [-0.15, -0.1) is 11.3 Å². The highest BCUT2D eigenvalue weighted by Crippen LogP contribution is 2.29. The van der Waals surface area contributed by atoms with Crippen molar-refractivity contribution in [3.63, 3.8) is 0 Å². The summed E-state index contributed by atoms with van der Waals surface area (Å²) in [5.74, 6) is 1.06. The van der Waals surface area contributed by atoms with Gasteiger partial charge < -0.3 is 19.7 Å². The van der Waals surface area contributed by atoms with Gasteiger partial charge in [0.05, 0.1) is 12.0 Å². The van der Waals surface area contributed by atoms with Gasteiger partial charge in [0.2, 0.25) is 5.91 Å². The molecular weight excluding hydrogens is 424 g/mol. The molecule has 0 radical (unpaired) electrons. The molecule has 1 atom stereocenters. The van der Waals surface area contributed by atoms with Crippen molar-refractivity contribution < 1.29 is 19.1 Å². The molecule has 6 nitrogen and oxygen atoms in total. The van der Waals surface area contributed by atoms with E-state index in [1.165, 1.54) is 11.3 Å². The third-order valence-electron chi connectivity index (χ3n) is 5.48. The number of amides is 2. The maximum absolute atomic E-state index is 12.8. The zero-order chi connectivity index (χ0) is 22.3. The van der Waals surface area contributed by atoms with Gasteiger partial charge >= 0.3 is 0 Å². The number of rotatable bonds is 8. The van der Waals surface area contributed by atoms with Gasteiger partial charge in [-0.2, -0.15) is 0 Å². The van der Waals surface area contributed by atoms with Crippen molar-refractivity contribution in [3.8, 4) is 11.5 Å². The molecule has 0 unspecified atom stereocenters. The number of ether oxygens (including phenoxy) is 2. The average molecular weight is 451 g/mol. The zero-order valence-electron chi connectivity index (χ0n) is 18.0. The number of nitrogens with zero attached hydrogens (tertiary/aromatic N) is 1. The van der Waals surface area contributed by atoms with Gasteiger partial charge in [0.15, 0.2) is 11.5 Å². The van der Waals surface area contributed by atoms with E-state index in [-0.39, 0.29) is 11.8 Å². The second-order valence-corrected chi connectivity index (χ2v) is 8.56. The highest BCUT2D eigenvalue weighted by atomic mass is 32.1. The predicted octanol–water partition coefficient (Wildman–Crippen LogP) is 4.26. The summed E-state index contributed by atoms with van der Waals surface area (Å²) < 4.78 is 11.4. The minimum absolute atomic E-state index is 0.0702. The molecule has 2 amide bonds. The van der Waals surface area contributed by atoms with Crippen molar-refractivity contribution in [2.45, 2.75) is 32.0 Å². The van der Waals surface area contributed by atoms with Crippen molar-refractivity contribution in [3.05, 3.63) is 82.0 Å².